The smallest absolute Gasteiger partial charge is 0.193 e. The van der Waals surface area contributed by atoms with E-state index in [4.69, 9.17) is 19.2 Å². The molecule has 0 spiro atoms. The molecule has 2 aliphatic heterocycles. The number of nitrogens with zero attached hydrogens (tertiary/aromatic N) is 3. The van der Waals surface area contributed by atoms with Crippen molar-refractivity contribution in [1.82, 2.24) is 15.1 Å². The van der Waals surface area contributed by atoms with Gasteiger partial charge in [-0.25, -0.2) is 4.39 Å². The summed E-state index contributed by atoms with van der Waals surface area (Å²) >= 11 is 0. The lowest BCUT2D eigenvalue weighted by atomic mass is 10.0. The number of guanidine groups is 1. The molecule has 1 N–H and O–H groups in total. The van der Waals surface area contributed by atoms with Gasteiger partial charge in [0.15, 0.2) is 5.96 Å². The molecular weight excluding hydrogens is 399 g/mol. The van der Waals surface area contributed by atoms with Gasteiger partial charge in [0.1, 0.15) is 5.82 Å². The van der Waals surface area contributed by atoms with E-state index >= 15 is 0 Å². The fourth-order valence-electron chi connectivity index (χ4n) is 4.16. The van der Waals surface area contributed by atoms with Crippen LogP contribution in [0.15, 0.2) is 29.3 Å². The van der Waals surface area contributed by atoms with Crippen molar-refractivity contribution in [2.45, 2.75) is 19.4 Å². The first-order chi connectivity index (χ1) is 15.2. The van der Waals surface area contributed by atoms with E-state index in [9.17, 15) is 4.39 Å². The van der Waals surface area contributed by atoms with Crippen LogP contribution < -0.4 is 5.32 Å². The van der Waals surface area contributed by atoms with Crippen molar-refractivity contribution in [2.75, 3.05) is 79.4 Å². The van der Waals surface area contributed by atoms with Gasteiger partial charge in [-0.15, -0.1) is 0 Å². The average Bonchev–Trinajstić information content (AvgIpc) is 3.27. The van der Waals surface area contributed by atoms with Crippen molar-refractivity contribution in [1.29, 1.82) is 0 Å². The molecule has 31 heavy (non-hydrogen) atoms. The zero-order chi connectivity index (χ0) is 21.9. The van der Waals surface area contributed by atoms with Gasteiger partial charge in [-0.2, -0.15) is 0 Å². The molecule has 0 radical (unpaired) electrons. The molecule has 0 saturated carbocycles. The summed E-state index contributed by atoms with van der Waals surface area (Å²) in [6.45, 7) is 10.6. The number of ether oxygens (including phenoxy) is 3. The number of rotatable bonds is 10. The van der Waals surface area contributed by atoms with Gasteiger partial charge in [0.2, 0.25) is 0 Å². The SMILES string of the molecule is CCNC(=NCC(c1ccc(F)cc1)N1CCOCC1)N1CCC(COCCOC)C1. The van der Waals surface area contributed by atoms with Crippen LogP contribution in [0.3, 0.4) is 0 Å². The van der Waals surface area contributed by atoms with Crippen molar-refractivity contribution < 1.29 is 18.6 Å². The van der Waals surface area contributed by atoms with Crippen molar-refractivity contribution in [2.24, 2.45) is 10.9 Å². The number of hydrogen-bond donors (Lipinski definition) is 1. The van der Waals surface area contributed by atoms with Gasteiger partial charge < -0.3 is 24.4 Å². The van der Waals surface area contributed by atoms with Gasteiger partial charge >= 0.3 is 0 Å². The van der Waals surface area contributed by atoms with Gasteiger partial charge in [-0.3, -0.25) is 9.89 Å². The highest BCUT2D eigenvalue weighted by Crippen LogP contribution is 2.23. The Balaban J connectivity index is 1.65. The van der Waals surface area contributed by atoms with Gasteiger partial charge in [-0.1, -0.05) is 12.1 Å². The molecule has 0 bridgehead atoms. The Hall–Kier alpha value is -1.74. The van der Waals surface area contributed by atoms with E-state index in [0.717, 1.165) is 70.5 Å². The van der Waals surface area contributed by atoms with E-state index in [1.807, 2.05) is 12.1 Å². The number of hydrogen-bond acceptors (Lipinski definition) is 5. The first-order valence-electron chi connectivity index (χ1n) is 11.4. The fourth-order valence-corrected chi connectivity index (χ4v) is 4.16. The highest BCUT2D eigenvalue weighted by atomic mass is 19.1. The van der Waals surface area contributed by atoms with Crippen LogP contribution in [0.4, 0.5) is 4.39 Å². The average molecular weight is 437 g/mol. The standard InChI is InChI=1S/C23H37FN4O3/c1-3-25-23(28-9-8-19(17-28)18-31-15-14-29-2)26-16-22(27-10-12-30-13-11-27)20-4-6-21(24)7-5-20/h4-7,19,22H,3,8-18H2,1-2H3,(H,25,26). The lowest BCUT2D eigenvalue weighted by Crippen LogP contribution is -2.43. The van der Waals surface area contributed by atoms with Crippen LogP contribution in [0.1, 0.15) is 24.9 Å². The first-order valence-corrected chi connectivity index (χ1v) is 11.4. The second kappa shape index (κ2) is 13.0. The number of aliphatic imine (C=N–C) groups is 1. The number of likely N-dealkylation sites (tertiary alicyclic amines) is 1. The van der Waals surface area contributed by atoms with Crippen molar-refractivity contribution in [3.8, 4) is 0 Å². The number of methoxy groups -OCH3 is 1. The van der Waals surface area contributed by atoms with Crippen LogP contribution in [0, 0.1) is 11.7 Å². The van der Waals surface area contributed by atoms with E-state index in [0.29, 0.717) is 25.7 Å². The van der Waals surface area contributed by atoms with Crippen LogP contribution in [0.2, 0.25) is 0 Å². The molecule has 1 aromatic carbocycles. The molecule has 0 amide bonds. The molecule has 174 valence electrons. The highest BCUT2D eigenvalue weighted by molar-refractivity contribution is 5.80. The lowest BCUT2D eigenvalue weighted by Gasteiger charge is -2.34. The summed E-state index contributed by atoms with van der Waals surface area (Å²) < 4.78 is 29.8. The van der Waals surface area contributed by atoms with E-state index < -0.39 is 0 Å². The third-order valence-electron chi connectivity index (χ3n) is 5.86. The predicted octanol–water partition coefficient (Wildman–Crippen LogP) is 2.15. The Bertz CT molecular complexity index is 667. The molecular formula is C23H37FN4O3. The van der Waals surface area contributed by atoms with Crippen molar-refractivity contribution in [3.05, 3.63) is 35.6 Å². The lowest BCUT2D eigenvalue weighted by molar-refractivity contribution is 0.0179. The molecule has 2 heterocycles. The van der Waals surface area contributed by atoms with Gasteiger partial charge in [0.25, 0.3) is 0 Å². The summed E-state index contributed by atoms with van der Waals surface area (Å²) in [6.07, 6.45) is 1.10. The Kier molecular flexibility index (Phi) is 9.99. The molecule has 2 atom stereocenters. The van der Waals surface area contributed by atoms with Gasteiger partial charge in [0, 0.05) is 45.8 Å². The van der Waals surface area contributed by atoms with E-state index in [-0.39, 0.29) is 11.9 Å². The Morgan fingerprint density at radius 2 is 2.00 bits per heavy atom. The molecule has 0 aromatic heterocycles. The van der Waals surface area contributed by atoms with Gasteiger partial charge in [0.05, 0.1) is 45.6 Å². The molecule has 8 heteroatoms. The van der Waals surface area contributed by atoms with E-state index in [1.54, 1.807) is 7.11 Å². The van der Waals surface area contributed by atoms with Crippen LogP contribution in [0.5, 0.6) is 0 Å². The van der Waals surface area contributed by atoms with E-state index in [2.05, 4.69) is 22.0 Å². The Labute approximate surface area is 185 Å². The zero-order valence-electron chi connectivity index (χ0n) is 18.9. The van der Waals surface area contributed by atoms with Crippen molar-refractivity contribution >= 4 is 5.96 Å². The van der Waals surface area contributed by atoms with Crippen LogP contribution >= 0.6 is 0 Å². The molecule has 1 aromatic rings. The van der Waals surface area contributed by atoms with Crippen LogP contribution in [-0.4, -0.2) is 95.2 Å². The first kappa shape index (κ1) is 23.9. The topological polar surface area (TPSA) is 58.6 Å². The monoisotopic (exact) mass is 436 g/mol. The number of morpholine rings is 1. The summed E-state index contributed by atoms with van der Waals surface area (Å²) in [4.78, 5) is 9.73. The molecule has 3 rings (SSSR count). The fraction of sp³-hybridized carbons (Fsp3) is 0.696. The highest BCUT2D eigenvalue weighted by Gasteiger charge is 2.27. The maximum Gasteiger partial charge on any atom is 0.193 e. The Morgan fingerprint density at radius 1 is 1.23 bits per heavy atom. The summed E-state index contributed by atoms with van der Waals surface area (Å²) in [6, 6.07) is 6.93. The largest absolute Gasteiger partial charge is 0.382 e. The predicted molar refractivity (Wildman–Crippen MR) is 120 cm³/mol. The molecule has 2 unspecified atom stereocenters. The molecule has 2 fully saturated rings. The van der Waals surface area contributed by atoms with Crippen LogP contribution in [-0.2, 0) is 14.2 Å². The van der Waals surface area contributed by atoms with Gasteiger partial charge in [-0.05, 0) is 31.0 Å². The number of nitrogens with one attached hydrogen (secondary N) is 1. The maximum absolute atomic E-state index is 13.5. The zero-order valence-corrected chi connectivity index (χ0v) is 18.9. The third kappa shape index (κ3) is 7.42. The summed E-state index contributed by atoms with van der Waals surface area (Å²) in [5, 5.41) is 3.45. The minimum absolute atomic E-state index is 0.105. The molecule has 7 nitrogen and oxygen atoms in total. The minimum Gasteiger partial charge on any atom is -0.382 e. The Morgan fingerprint density at radius 3 is 2.71 bits per heavy atom. The summed E-state index contributed by atoms with van der Waals surface area (Å²) in [5.74, 6) is 1.24. The second-order valence-electron chi connectivity index (χ2n) is 8.08. The molecule has 2 aliphatic rings. The maximum atomic E-state index is 13.5. The molecule has 0 aliphatic carbocycles. The number of halogens is 1. The summed E-state index contributed by atoms with van der Waals surface area (Å²) in [5.41, 5.74) is 1.09. The normalized spacial score (nSPS) is 21.5. The quantitative estimate of drug-likeness (QED) is 0.345. The van der Waals surface area contributed by atoms with E-state index in [1.165, 1.54) is 12.1 Å². The van der Waals surface area contributed by atoms with Crippen molar-refractivity contribution in [3.63, 3.8) is 0 Å². The number of benzene rings is 1. The second-order valence-corrected chi connectivity index (χ2v) is 8.08. The molecule has 2 saturated heterocycles. The van der Waals surface area contributed by atoms with Crippen LogP contribution in [0.25, 0.3) is 0 Å². The minimum atomic E-state index is -0.211. The third-order valence-corrected chi connectivity index (χ3v) is 5.86. The summed E-state index contributed by atoms with van der Waals surface area (Å²) in [7, 11) is 1.69.